The molecule has 2 aromatic rings. The van der Waals surface area contributed by atoms with Crippen LogP contribution in [0.2, 0.25) is 5.28 Å². The Morgan fingerprint density at radius 1 is 1.47 bits per heavy atom. The predicted octanol–water partition coefficient (Wildman–Crippen LogP) is 3.46. The normalized spacial score (nSPS) is 15.5. The van der Waals surface area contributed by atoms with Crippen LogP contribution in [0.5, 0.6) is 0 Å². The smallest absolute Gasteiger partial charge is 0.262 e. The first-order valence-electron chi connectivity index (χ1n) is 5.46. The Morgan fingerprint density at radius 3 is 2.82 bits per heavy atom. The van der Waals surface area contributed by atoms with Crippen molar-refractivity contribution in [3.63, 3.8) is 0 Å². The molecule has 1 saturated carbocycles. The first-order chi connectivity index (χ1) is 8.08. The Kier molecular flexibility index (Phi) is 2.52. The third-order valence-electron chi connectivity index (χ3n) is 2.97. The standard InChI is InChI=1S/C12H10BrClN2O/c1-6-4-8-10(9(13)5-6)15-12(14)16(11(8)17)7-2-3-7/h4-5,7H,2-3H2,1H3. The summed E-state index contributed by atoms with van der Waals surface area (Å²) in [6.45, 7) is 1.96. The maximum absolute atomic E-state index is 12.4. The van der Waals surface area contributed by atoms with Crippen LogP contribution in [0, 0.1) is 6.92 Å². The van der Waals surface area contributed by atoms with E-state index in [2.05, 4.69) is 20.9 Å². The van der Waals surface area contributed by atoms with Crippen LogP contribution in [0.1, 0.15) is 24.4 Å². The monoisotopic (exact) mass is 312 g/mol. The van der Waals surface area contributed by atoms with Crippen LogP contribution < -0.4 is 5.56 Å². The summed E-state index contributed by atoms with van der Waals surface area (Å²) in [5.74, 6) is 0. The van der Waals surface area contributed by atoms with Crippen LogP contribution in [0.4, 0.5) is 0 Å². The summed E-state index contributed by atoms with van der Waals surface area (Å²) < 4.78 is 2.42. The van der Waals surface area contributed by atoms with Crippen molar-refractivity contribution in [2.75, 3.05) is 0 Å². The van der Waals surface area contributed by atoms with Gasteiger partial charge < -0.3 is 0 Å². The molecule has 0 atom stereocenters. The van der Waals surface area contributed by atoms with Crippen LogP contribution in [0.3, 0.4) is 0 Å². The molecule has 0 radical (unpaired) electrons. The molecule has 0 spiro atoms. The van der Waals surface area contributed by atoms with Crippen LogP contribution in [-0.4, -0.2) is 9.55 Å². The van der Waals surface area contributed by atoms with Gasteiger partial charge in [-0.05, 0) is 65.0 Å². The van der Waals surface area contributed by atoms with Gasteiger partial charge in [-0.25, -0.2) is 4.98 Å². The van der Waals surface area contributed by atoms with Crippen LogP contribution in [0.25, 0.3) is 10.9 Å². The van der Waals surface area contributed by atoms with Crippen LogP contribution in [-0.2, 0) is 0 Å². The number of benzene rings is 1. The zero-order valence-corrected chi connectivity index (χ0v) is 11.5. The maximum Gasteiger partial charge on any atom is 0.262 e. The van der Waals surface area contributed by atoms with Crippen molar-refractivity contribution in [1.82, 2.24) is 9.55 Å². The number of halogens is 2. The zero-order chi connectivity index (χ0) is 12.2. The molecule has 88 valence electrons. The highest BCUT2D eigenvalue weighted by molar-refractivity contribution is 9.10. The van der Waals surface area contributed by atoms with E-state index in [4.69, 9.17) is 11.6 Å². The van der Waals surface area contributed by atoms with E-state index in [-0.39, 0.29) is 16.9 Å². The number of rotatable bonds is 1. The Labute approximate surface area is 112 Å². The summed E-state index contributed by atoms with van der Waals surface area (Å²) in [6.07, 6.45) is 2.03. The lowest BCUT2D eigenvalue weighted by Crippen LogP contribution is -2.21. The molecule has 5 heteroatoms. The van der Waals surface area contributed by atoms with E-state index in [0.717, 1.165) is 22.9 Å². The lowest BCUT2D eigenvalue weighted by atomic mass is 10.2. The summed E-state index contributed by atoms with van der Waals surface area (Å²) in [5.41, 5.74) is 1.64. The highest BCUT2D eigenvalue weighted by Gasteiger charge is 2.28. The molecule has 1 heterocycles. The fraction of sp³-hybridized carbons (Fsp3) is 0.333. The third kappa shape index (κ3) is 1.79. The fourth-order valence-electron chi connectivity index (χ4n) is 2.02. The molecule has 0 saturated heterocycles. The van der Waals surface area contributed by atoms with E-state index in [9.17, 15) is 4.79 Å². The van der Waals surface area contributed by atoms with Crippen LogP contribution in [0.15, 0.2) is 21.4 Å². The first-order valence-corrected chi connectivity index (χ1v) is 6.63. The average molecular weight is 314 g/mol. The number of nitrogens with zero attached hydrogens (tertiary/aromatic N) is 2. The molecule has 1 fully saturated rings. The highest BCUT2D eigenvalue weighted by atomic mass is 79.9. The first kappa shape index (κ1) is 11.2. The van der Waals surface area contributed by atoms with E-state index in [1.165, 1.54) is 0 Å². The molecule has 0 bridgehead atoms. The molecule has 1 aliphatic rings. The van der Waals surface area contributed by atoms with E-state index in [1.54, 1.807) is 4.57 Å². The van der Waals surface area contributed by atoms with Gasteiger partial charge in [0, 0.05) is 10.5 Å². The molecule has 1 aromatic heterocycles. The quantitative estimate of drug-likeness (QED) is 0.756. The molecular weight excluding hydrogens is 304 g/mol. The predicted molar refractivity (Wildman–Crippen MR) is 71.7 cm³/mol. The summed E-state index contributed by atoms with van der Waals surface area (Å²) in [5, 5.41) is 0.919. The van der Waals surface area contributed by atoms with Crippen molar-refractivity contribution < 1.29 is 0 Å². The zero-order valence-electron chi connectivity index (χ0n) is 9.20. The molecule has 0 amide bonds. The highest BCUT2D eigenvalue weighted by Crippen LogP contribution is 2.36. The van der Waals surface area contributed by atoms with E-state index >= 15 is 0 Å². The second kappa shape index (κ2) is 3.82. The Balaban J connectivity index is 2.44. The van der Waals surface area contributed by atoms with Gasteiger partial charge in [0.15, 0.2) is 0 Å². The van der Waals surface area contributed by atoms with Gasteiger partial charge in [-0.3, -0.25) is 9.36 Å². The molecule has 0 unspecified atom stereocenters. The minimum Gasteiger partial charge on any atom is -0.280 e. The summed E-state index contributed by atoms with van der Waals surface area (Å²) >= 11 is 9.51. The van der Waals surface area contributed by atoms with Gasteiger partial charge in [0.05, 0.1) is 10.9 Å². The van der Waals surface area contributed by atoms with Crippen LogP contribution >= 0.6 is 27.5 Å². The van der Waals surface area contributed by atoms with Gasteiger partial charge in [0.1, 0.15) is 0 Å². The summed E-state index contributed by atoms with van der Waals surface area (Å²) in [4.78, 5) is 16.7. The molecular formula is C12H10BrClN2O. The third-order valence-corrected chi connectivity index (χ3v) is 3.84. The van der Waals surface area contributed by atoms with Gasteiger partial charge in [0.2, 0.25) is 5.28 Å². The largest absolute Gasteiger partial charge is 0.280 e. The van der Waals surface area contributed by atoms with Gasteiger partial charge in [-0.1, -0.05) is 0 Å². The molecule has 1 aromatic carbocycles. The maximum atomic E-state index is 12.4. The van der Waals surface area contributed by atoms with E-state index < -0.39 is 0 Å². The Bertz CT molecular complexity index is 676. The second-order valence-electron chi connectivity index (χ2n) is 4.43. The van der Waals surface area contributed by atoms with Crippen molar-refractivity contribution in [2.24, 2.45) is 0 Å². The fourth-order valence-corrected chi connectivity index (χ4v) is 2.98. The molecule has 1 aliphatic carbocycles. The number of hydrogen-bond acceptors (Lipinski definition) is 2. The molecule has 0 N–H and O–H groups in total. The number of aryl methyl sites for hydroxylation is 1. The topological polar surface area (TPSA) is 34.9 Å². The lowest BCUT2D eigenvalue weighted by molar-refractivity contribution is 0.699. The van der Waals surface area contributed by atoms with Crippen molar-refractivity contribution in [3.8, 4) is 0 Å². The van der Waals surface area contributed by atoms with E-state index in [1.807, 2.05) is 19.1 Å². The van der Waals surface area contributed by atoms with Crippen molar-refractivity contribution in [2.45, 2.75) is 25.8 Å². The van der Waals surface area contributed by atoms with Crippen molar-refractivity contribution in [3.05, 3.63) is 37.8 Å². The number of hydrogen-bond donors (Lipinski definition) is 0. The molecule has 3 nitrogen and oxygen atoms in total. The van der Waals surface area contributed by atoms with Gasteiger partial charge >= 0.3 is 0 Å². The Hall–Kier alpha value is -0.870. The van der Waals surface area contributed by atoms with Crippen molar-refractivity contribution in [1.29, 1.82) is 0 Å². The SMILES string of the molecule is Cc1cc(Br)c2nc(Cl)n(C3CC3)c(=O)c2c1. The summed E-state index contributed by atoms with van der Waals surface area (Å²) in [7, 11) is 0. The second-order valence-corrected chi connectivity index (χ2v) is 5.62. The lowest BCUT2D eigenvalue weighted by Gasteiger charge is -2.09. The van der Waals surface area contributed by atoms with Gasteiger partial charge in [-0.15, -0.1) is 0 Å². The van der Waals surface area contributed by atoms with Crippen molar-refractivity contribution >= 4 is 38.4 Å². The minimum atomic E-state index is -0.0353. The number of fused-ring (bicyclic) bond motifs is 1. The summed E-state index contributed by atoms with van der Waals surface area (Å²) in [6, 6.07) is 4.04. The van der Waals surface area contributed by atoms with Gasteiger partial charge in [0.25, 0.3) is 5.56 Å². The molecule has 3 rings (SSSR count). The van der Waals surface area contributed by atoms with Gasteiger partial charge in [-0.2, -0.15) is 0 Å². The molecule has 17 heavy (non-hydrogen) atoms. The Morgan fingerprint density at radius 2 is 2.18 bits per heavy atom. The molecule has 0 aliphatic heterocycles. The average Bonchev–Trinajstić information content (AvgIpc) is 3.04. The van der Waals surface area contributed by atoms with E-state index in [0.29, 0.717) is 10.9 Å². The minimum absolute atomic E-state index is 0.0353. The number of aromatic nitrogens is 2.